The Morgan fingerprint density at radius 3 is 2.55 bits per heavy atom. The van der Waals surface area contributed by atoms with E-state index in [1.165, 1.54) is 41.8 Å². The molecule has 42 heavy (non-hydrogen) atoms. The van der Waals surface area contributed by atoms with Gasteiger partial charge < -0.3 is 5.32 Å². The van der Waals surface area contributed by atoms with Crippen LogP contribution in [0.3, 0.4) is 0 Å². The van der Waals surface area contributed by atoms with Crippen LogP contribution >= 0.6 is 0 Å². The molecule has 0 bridgehead atoms. The van der Waals surface area contributed by atoms with E-state index >= 15 is 0 Å². The maximum Gasteiger partial charge on any atom is 0.262 e. The summed E-state index contributed by atoms with van der Waals surface area (Å²) in [5.41, 5.74) is 7.43. The average Bonchev–Trinajstić information content (AvgIpc) is 3.44. The molecule has 214 valence electrons. The van der Waals surface area contributed by atoms with E-state index in [9.17, 15) is 19.2 Å². The van der Waals surface area contributed by atoms with Crippen molar-refractivity contribution < 1.29 is 19.2 Å². The van der Waals surface area contributed by atoms with Gasteiger partial charge in [0.05, 0.1) is 28.6 Å². The van der Waals surface area contributed by atoms with Crippen molar-refractivity contribution in [2.75, 3.05) is 11.9 Å². The topological polar surface area (TPSA) is 126 Å². The van der Waals surface area contributed by atoms with Crippen molar-refractivity contribution in [3.8, 4) is 11.3 Å². The van der Waals surface area contributed by atoms with Crippen LogP contribution in [0.25, 0.3) is 11.3 Å². The van der Waals surface area contributed by atoms with Gasteiger partial charge in [-0.15, -0.1) is 0 Å². The molecular weight excluding hydrogens is 532 g/mol. The summed E-state index contributed by atoms with van der Waals surface area (Å²) in [6.45, 7) is 0.754. The first-order chi connectivity index (χ1) is 20.4. The van der Waals surface area contributed by atoms with Crippen molar-refractivity contribution >= 4 is 29.3 Å². The molecule has 3 aliphatic carbocycles. The summed E-state index contributed by atoms with van der Waals surface area (Å²) < 4.78 is 2.16. The van der Waals surface area contributed by atoms with Gasteiger partial charge in [0.1, 0.15) is 6.04 Å². The zero-order valence-corrected chi connectivity index (χ0v) is 23.3. The van der Waals surface area contributed by atoms with E-state index in [1.807, 2.05) is 0 Å². The summed E-state index contributed by atoms with van der Waals surface area (Å²) in [4.78, 5) is 55.9. The highest BCUT2D eigenvalue weighted by atomic mass is 16.2. The van der Waals surface area contributed by atoms with Crippen LogP contribution in [-0.4, -0.2) is 55.9 Å². The number of fused-ring (bicyclic) bond motifs is 2. The first-order valence-corrected chi connectivity index (χ1v) is 15.1. The van der Waals surface area contributed by atoms with Crippen molar-refractivity contribution in [3.05, 3.63) is 64.6 Å². The fourth-order valence-corrected chi connectivity index (χ4v) is 6.95. The van der Waals surface area contributed by atoms with Gasteiger partial charge in [-0.25, -0.2) is 0 Å². The lowest BCUT2D eigenvalue weighted by molar-refractivity contribution is -0.136. The number of carbonyl (C=O) groups excluding carboxylic acids is 4. The van der Waals surface area contributed by atoms with Crippen molar-refractivity contribution in [2.24, 2.45) is 5.92 Å². The van der Waals surface area contributed by atoms with Crippen molar-refractivity contribution in [1.29, 1.82) is 0 Å². The van der Waals surface area contributed by atoms with Crippen LogP contribution in [-0.2, 0) is 22.4 Å². The Kier molecular flexibility index (Phi) is 5.80. The van der Waals surface area contributed by atoms with Crippen LogP contribution in [0.15, 0.2) is 36.5 Å². The smallest absolute Gasteiger partial charge is 0.262 e. The molecule has 1 unspecified atom stereocenters. The molecule has 3 aromatic rings. The molecule has 4 heterocycles. The van der Waals surface area contributed by atoms with Gasteiger partial charge in [0.15, 0.2) is 0 Å². The van der Waals surface area contributed by atoms with Crippen LogP contribution in [0.5, 0.6) is 0 Å². The maximum absolute atomic E-state index is 13.1. The fourth-order valence-electron chi connectivity index (χ4n) is 6.95. The molecule has 2 aromatic heterocycles. The van der Waals surface area contributed by atoms with Gasteiger partial charge >= 0.3 is 0 Å². The Morgan fingerprint density at radius 1 is 0.905 bits per heavy atom. The number of aryl methyl sites for hydroxylation is 2. The summed E-state index contributed by atoms with van der Waals surface area (Å²) in [6.07, 6.45) is 10.3. The second-order valence-electron chi connectivity index (χ2n) is 12.4. The van der Waals surface area contributed by atoms with E-state index in [1.54, 1.807) is 18.2 Å². The highest BCUT2D eigenvalue weighted by Crippen LogP contribution is 2.46. The monoisotopic (exact) mass is 564 g/mol. The number of nitrogens with one attached hydrogen (secondary N) is 2. The number of anilines is 1. The van der Waals surface area contributed by atoms with E-state index < -0.39 is 23.8 Å². The number of piperidine rings is 1. The van der Waals surface area contributed by atoms with E-state index in [0.717, 1.165) is 48.5 Å². The number of hydrogen-bond donors (Lipinski definition) is 2. The molecular formula is C32H32N6O4. The summed E-state index contributed by atoms with van der Waals surface area (Å²) >= 11 is 0. The molecule has 2 saturated carbocycles. The van der Waals surface area contributed by atoms with E-state index in [2.05, 4.69) is 33.6 Å². The first-order valence-electron chi connectivity index (χ1n) is 15.1. The number of benzene rings is 1. The third-order valence-electron chi connectivity index (χ3n) is 9.55. The van der Waals surface area contributed by atoms with Crippen molar-refractivity contribution in [2.45, 2.75) is 75.8 Å². The third-order valence-corrected chi connectivity index (χ3v) is 9.55. The van der Waals surface area contributed by atoms with Crippen LogP contribution in [0.4, 0.5) is 5.69 Å². The van der Waals surface area contributed by atoms with Gasteiger partial charge in [0, 0.05) is 42.0 Å². The summed E-state index contributed by atoms with van der Waals surface area (Å²) in [6, 6.07) is 8.97. The van der Waals surface area contributed by atoms with Crippen LogP contribution in [0, 0.1) is 5.92 Å². The molecule has 2 N–H and O–H groups in total. The predicted molar refractivity (Wildman–Crippen MR) is 153 cm³/mol. The largest absolute Gasteiger partial charge is 0.385 e. The highest BCUT2D eigenvalue weighted by molar-refractivity contribution is 6.23. The highest BCUT2D eigenvalue weighted by Gasteiger charge is 2.44. The van der Waals surface area contributed by atoms with Crippen LogP contribution in [0.1, 0.15) is 94.6 Å². The average molecular weight is 565 g/mol. The Morgan fingerprint density at radius 2 is 1.74 bits per heavy atom. The number of pyridine rings is 1. The second kappa shape index (κ2) is 9.61. The zero-order chi connectivity index (χ0) is 28.5. The lowest BCUT2D eigenvalue weighted by atomic mass is 9.80. The van der Waals surface area contributed by atoms with Crippen molar-refractivity contribution in [1.82, 2.24) is 25.0 Å². The minimum atomic E-state index is -0.958. The van der Waals surface area contributed by atoms with Gasteiger partial charge in [-0.3, -0.25) is 39.1 Å². The summed E-state index contributed by atoms with van der Waals surface area (Å²) in [5.74, 6) is -0.946. The number of carbonyl (C=O) groups is 4. The third kappa shape index (κ3) is 4.23. The molecule has 10 heteroatoms. The standard InChI is InChI=1S/C32H32N6O4/c39-28-11-10-27(30(40)35-28)38-31(41)22-8-7-20(14-23(22)32(38)42)33-15-17-12-21(13-17)37-16-24(29(36-37)19-4-5-19)26-9-6-18-2-1-3-25(18)34-26/h6-9,14,16-17,19,21,27,33H,1-5,10-13,15H2,(H,35,39,40)/t17-,21-,27?. The Bertz CT molecular complexity index is 1670. The second-order valence-corrected chi connectivity index (χ2v) is 12.4. The molecule has 1 atom stereocenters. The molecule has 1 saturated heterocycles. The normalized spacial score (nSPS) is 24.9. The lowest BCUT2D eigenvalue weighted by Crippen LogP contribution is -2.54. The first kappa shape index (κ1) is 25.4. The molecule has 2 aliphatic heterocycles. The Hall–Kier alpha value is -4.34. The zero-order valence-electron chi connectivity index (χ0n) is 23.3. The Balaban J connectivity index is 0.915. The van der Waals surface area contributed by atoms with E-state index in [-0.39, 0.29) is 29.9 Å². The molecule has 10 nitrogen and oxygen atoms in total. The van der Waals surface area contributed by atoms with E-state index in [0.29, 0.717) is 17.9 Å². The SMILES string of the molecule is O=C1CCC(N2C(=O)c3ccc(NC[C@H]4C[C@H](n5cc(-c6ccc7c(n6)CCC7)c(C6CC6)n5)C4)cc3C2=O)C(=O)N1. The quantitative estimate of drug-likeness (QED) is 0.418. The van der Waals surface area contributed by atoms with Gasteiger partial charge in [0.2, 0.25) is 11.8 Å². The fraction of sp³-hybridized carbons (Fsp3) is 0.438. The number of hydrogen-bond acceptors (Lipinski definition) is 7. The summed E-state index contributed by atoms with van der Waals surface area (Å²) in [5, 5.41) is 10.7. The molecule has 4 amide bonds. The lowest BCUT2D eigenvalue weighted by Gasteiger charge is -2.35. The predicted octanol–water partition coefficient (Wildman–Crippen LogP) is 3.78. The molecule has 5 aliphatic rings. The van der Waals surface area contributed by atoms with Gasteiger partial charge in [0.25, 0.3) is 11.8 Å². The Labute approximate surface area is 242 Å². The summed E-state index contributed by atoms with van der Waals surface area (Å²) in [7, 11) is 0. The molecule has 0 radical (unpaired) electrons. The van der Waals surface area contributed by atoms with Crippen LogP contribution < -0.4 is 10.6 Å². The number of amides is 4. The van der Waals surface area contributed by atoms with Crippen molar-refractivity contribution in [3.63, 3.8) is 0 Å². The number of aromatic nitrogens is 3. The van der Waals surface area contributed by atoms with Gasteiger partial charge in [-0.05, 0) is 87.1 Å². The molecule has 1 aromatic carbocycles. The molecule has 8 rings (SSSR count). The van der Waals surface area contributed by atoms with Gasteiger partial charge in [-0.1, -0.05) is 6.07 Å². The minimum Gasteiger partial charge on any atom is -0.385 e. The van der Waals surface area contributed by atoms with E-state index in [4.69, 9.17) is 10.1 Å². The number of nitrogens with zero attached hydrogens (tertiary/aromatic N) is 4. The number of rotatable bonds is 7. The molecule has 0 spiro atoms. The van der Waals surface area contributed by atoms with Crippen LogP contribution in [0.2, 0.25) is 0 Å². The maximum atomic E-state index is 13.1. The van der Waals surface area contributed by atoms with Gasteiger partial charge in [-0.2, -0.15) is 5.10 Å². The number of imide groups is 2. The molecule has 3 fully saturated rings. The minimum absolute atomic E-state index is 0.103.